The Kier molecular flexibility index (Phi) is 7.38. The third-order valence-electron chi connectivity index (χ3n) is 2.69. The van der Waals surface area contributed by atoms with Crippen molar-refractivity contribution in [2.75, 3.05) is 13.2 Å². The topological polar surface area (TPSA) is 108 Å². The molecule has 1 N–H and O–H groups in total. The summed E-state index contributed by atoms with van der Waals surface area (Å²) in [6, 6.07) is 6.46. The van der Waals surface area contributed by atoms with Crippen LogP contribution in [0.15, 0.2) is 24.3 Å². The second-order valence-electron chi connectivity index (χ2n) is 4.46. The molecular weight excluding hydrogens is 292 g/mol. The maximum Gasteiger partial charge on any atom is 0.308 e. The van der Waals surface area contributed by atoms with E-state index in [2.05, 4.69) is 10.2 Å². The van der Waals surface area contributed by atoms with Crippen LogP contribution in [-0.4, -0.2) is 30.1 Å². The smallest absolute Gasteiger partial charge is 0.308 e. The Bertz CT molecular complexity index is 532. The van der Waals surface area contributed by atoms with Gasteiger partial charge in [-0.3, -0.25) is 9.59 Å². The van der Waals surface area contributed by atoms with Crippen LogP contribution in [0.2, 0.25) is 0 Å². The van der Waals surface area contributed by atoms with Crippen molar-refractivity contribution >= 4 is 11.9 Å². The summed E-state index contributed by atoms with van der Waals surface area (Å²) in [5.74, 6) is -0.615. The van der Waals surface area contributed by atoms with E-state index in [0.717, 1.165) is 0 Å². The molecule has 1 aromatic rings. The third-order valence-corrected chi connectivity index (χ3v) is 2.69. The molecule has 0 aromatic heterocycles. The molecule has 1 rings (SSSR count). The zero-order valence-electron chi connectivity index (χ0n) is 12.2. The molecule has 0 aliphatic rings. The van der Waals surface area contributed by atoms with E-state index in [1.807, 2.05) is 0 Å². The van der Waals surface area contributed by atoms with E-state index in [4.69, 9.17) is 4.74 Å². The van der Waals surface area contributed by atoms with Gasteiger partial charge in [0.15, 0.2) is 0 Å². The Morgan fingerprint density at radius 3 is 2.64 bits per heavy atom. The van der Waals surface area contributed by atoms with Gasteiger partial charge in [-0.15, -0.1) is 10.1 Å². The number of benzene rings is 1. The van der Waals surface area contributed by atoms with Crippen LogP contribution in [0.1, 0.15) is 36.5 Å². The molecule has 0 saturated heterocycles. The Hall–Kier alpha value is -2.64. The highest BCUT2D eigenvalue weighted by atomic mass is 16.9. The lowest BCUT2D eigenvalue weighted by molar-refractivity contribution is -0.757. The Labute approximate surface area is 127 Å². The molecule has 22 heavy (non-hydrogen) atoms. The van der Waals surface area contributed by atoms with Crippen LogP contribution >= 0.6 is 0 Å². The summed E-state index contributed by atoms with van der Waals surface area (Å²) in [6.45, 7) is 1.74. The standard InChI is InChI=1S/C14H18N2O6/c1-11(17)22-13-8-4-3-7-12(13)14(18)15-9-5-2-6-10-21-16(19)20/h3-4,7-8H,2,5-6,9-10H2,1H3,(H,15,18). The first-order valence-electron chi connectivity index (χ1n) is 6.83. The second kappa shape index (κ2) is 9.32. The molecule has 0 heterocycles. The summed E-state index contributed by atoms with van der Waals surface area (Å²) in [5, 5.41) is 11.8. The monoisotopic (exact) mass is 310 g/mol. The number of esters is 1. The first-order chi connectivity index (χ1) is 10.5. The Balaban J connectivity index is 2.34. The normalized spacial score (nSPS) is 9.86. The van der Waals surface area contributed by atoms with Crippen molar-refractivity contribution in [3.8, 4) is 5.75 Å². The van der Waals surface area contributed by atoms with Crippen molar-refractivity contribution in [3.63, 3.8) is 0 Å². The largest absolute Gasteiger partial charge is 0.426 e. The van der Waals surface area contributed by atoms with Crippen LogP contribution in [0.4, 0.5) is 0 Å². The summed E-state index contributed by atoms with van der Waals surface area (Å²) in [6.07, 6.45) is 1.91. The molecular formula is C14H18N2O6. The van der Waals surface area contributed by atoms with E-state index in [1.165, 1.54) is 6.92 Å². The van der Waals surface area contributed by atoms with Crippen LogP contribution in [-0.2, 0) is 9.63 Å². The third kappa shape index (κ3) is 6.69. The molecule has 0 saturated carbocycles. The first kappa shape index (κ1) is 17.4. The highest BCUT2D eigenvalue weighted by Gasteiger charge is 2.12. The van der Waals surface area contributed by atoms with Gasteiger partial charge in [-0.05, 0) is 31.4 Å². The fourth-order valence-corrected chi connectivity index (χ4v) is 1.74. The van der Waals surface area contributed by atoms with Crippen LogP contribution in [0, 0.1) is 10.1 Å². The van der Waals surface area contributed by atoms with E-state index in [0.29, 0.717) is 25.8 Å². The molecule has 8 nitrogen and oxygen atoms in total. The van der Waals surface area contributed by atoms with Gasteiger partial charge in [0.05, 0.1) is 12.2 Å². The van der Waals surface area contributed by atoms with E-state index < -0.39 is 11.1 Å². The minimum Gasteiger partial charge on any atom is -0.426 e. The average molecular weight is 310 g/mol. The summed E-state index contributed by atoms with van der Waals surface area (Å²) < 4.78 is 4.97. The highest BCUT2D eigenvalue weighted by molar-refractivity contribution is 5.97. The molecule has 0 fully saturated rings. The molecule has 0 aliphatic carbocycles. The number of unbranched alkanes of at least 4 members (excludes halogenated alkanes) is 2. The molecule has 0 spiro atoms. The van der Waals surface area contributed by atoms with Gasteiger partial charge in [0.1, 0.15) is 5.75 Å². The number of hydrogen-bond donors (Lipinski definition) is 1. The number of para-hydroxylation sites is 1. The lowest BCUT2D eigenvalue weighted by Gasteiger charge is -2.09. The van der Waals surface area contributed by atoms with Gasteiger partial charge in [-0.1, -0.05) is 12.1 Å². The van der Waals surface area contributed by atoms with E-state index in [1.54, 1.807) is 24.3 Å². The number of amides is 1. The molecule has 0 bridgehead atoms. The fraction of sp³-hybridized carbons (Fsp3) is 0.429. The van der Waals surface area contributed by atoms with Crippen LogP contribution in [0.3, 0.4) is 0 Å². The van der Waals surface area contributed by atoms with E-state index >= 15 is 0 Å². The minimum atomic E-state index is -0.826. The molecule has 0 unspecified atom stereocenters. The molecule has 0 atom stereocenters. The molecule has 0 aliphatic heterocycles. The van der Waals surface area contributed by atoms with Crippen LogP contribution in [0.25, 0.3) is 0 Å². The lowest BCUT2D eigenvalue weighted by Crippen LogP contribution is -2.25. The number of hydrogen-bond acceptors (Lipinski definition) is 6. The van der Waals surface area contributed by atoms with E-state index in [9.17, 15) is 19.7 Å². The summed E-state index contributed by atoms with van der Waals surface area (Å²) in [5.41, 5.74) is 0.286. The summed E-state index contributed by atoms with van der Waals surface area (Å²) in [4.78, 5) is 37.1. The predicted octanol–water partition coefficient (Wildman–Crippen LogP) is 1.72. The predicted molar refractivity (Wildman–Crippen MR) is 76.9 cm³/mol. The minimum absolute atomic E-state index is 0.0518. The van der Waals surface area contributed by atoms with Gasteiger partial charge in [0.2, 0.25) is 0 Å². The van der Waals surface area contributed by atoms with Crippen molar-refractivity contribution < 1.29 is 24.3 Å². The zero-order valence-corrected chi connectivity index (χ0v) is 12.2. The average Bonchev–Trinajstić information content (AvgIpc) is 2.45. The summed E-state index contributed by atoms with van der Waals surface area (Å²) in [7, 11) is 0. The quantitative estimate of drug-likeness (QED) is 0.245. The first-order valence-corrected chi connectivity index (χ1v) is 6.83. The van der Waals surface area contributed by atoms with Gasteiger partial charge in [0.25, 0.3) is 11.0 Å². The fourth-order valence-electron chi connectivity index (χ4n) is 1.74. The number of ether oxygens (including phenoxy) is 1. The van der Waals surface area contributed by atoms with Crippen molar-refractivity contribution in [3.05, 3.63) is 39.9 Å². The van der Waals surface area contributed by atoms with Gasteiger partial charge < -0.3 is 14.9 Å². The number of rotatable bonds is 9. The maximum atomic E-state index is 12.0. The zero-order chi connectivity index (χ0) is 16.4. The SMILES string of the molecule is CC(=O)Oc1ccccc1C(=O)NCCCCCO[N+](=O)[O-]. The van der Waals surface area contributed by atoms with Gasteiger partial charge in [0, 0.05) is 13.5 Å². The molecule has 1 amide bonds. The number of nitrogens with zero attached hydrogens (tertiary/aromatic N) is 1. The highest BCUT2D eigenvalue weighted by Crippen LogP contribution is 2.17. The molecule has 0 radical (unpaired) electrons. The van der Waals surface area contributed by atoms with Gasteiger partial charge in [-0.2, -0.15) is 0 Å². The number of nitrogens with one attached hydrogen (secondary N) is 1. The van der Waals surface area contributed by atoms with Crippen molar-refractivity contribution in [1.29, 1.82) is 0 Å². The van der Waals surface area contributed by atoms with E-state index in [-0.39, 0.29) is 23.8 Å². The number of carbonyl (C=O) groups is 2. The summed E-state index contributed by atoms with van der Waals surface area (Å²) >= 11 is 0. The molecule has 1 aromatic carbocycles. The van der Waals surface area contributed by atoms with Gasteiger partial charge in [-0.25, -0.2) is 0 Å². The lowest BCUT2D eigenvalue weighted by atomic mass is 10.2. The Morgan fingerprint density at radius 2 is 1.95 bits per heavy atom. The maximum absolute atomic E-state index is 12.0. The number of carbonyl (C=O) groups excluding carboxylic acids is 2. The molecule has 120 valence electrons. The van der Waals surface area contributed by atoms with Crippen LogP contribution in [0.5, 0.6) is 5.75 Å². The van der Waals surface area contributed by atoms with Crippen LogP contribution < -0.4 is 10.1 Å². The molecule has 8 heteroatoms. The van der Waals surface area contributed by atoms with Crippen molar-refractivity contribution in [1.82, 2.24) is 5.32 Å². The van der Waals surface area contributed by atoms with Gasteiger partial charge >= 0.3 is 5.97 Å². The van der Waals surface area contributed by atoms with Crippen molar-refractivity contribution in [2.24, 2.45) is 0 Å². The Morgan fingerprint density at radius 1 is 1.23 bits per heavy atom. The van der Waals surface area contributed by atoms with Crippen molar-refractivity contribution in [2.45, 2.75) is 26.2 Å². The second-order valence-corrected chi connectivity index (χ2v) is 4.46.